The Kier molecular flexibility index (Phi) is 3.33. The molecule has 0 saturated carbocycles. The third-order valence-corrected chi connectivity index (χ3v) is 1.52. The molecule has 0 aliphatic heterocycles. The van der Waals surface area contributed by atoms with E-state index in [0.29, 0.717) is 0 Å². The van der Waals surface area contributed by atoms with Crippen molar-refractivity contribution in [3.05, 3.63) is 29.8 Å². The Labute approximate surface area is 83.5 Å². The van der Waals surface area contributed by atoms with E-state index in [2.05, 4.69) is 5.32 Å². The highest BCUT2D eigenvalue weighted by Gasteiger charge is 2.09. The van der Waals surface area contributed by atoms with E-state index in [-0.39, 0.29) is 5.69 Å². The van der Waals surface area contributed by atoms with E-state index in [1.54, 1.807) is 0 Å². The molecular weight excluding hydrogens is 208 g/mol. The largest absolute Gasteiger partial charge is 0.481 e. The second kappa shape index (κ2) is 4.50. The zero-order chi connectivity index (χ0) is 11.4. The van der Waals surface area contributed by atoms with E-state index in [9.17, 15) is 18.4 Å². The summed E-state index contributed by atoms with van der Waals surface area (Å²) in [6, 6.07) is 2.75. The summed E-state index contributed by atoms with van der Waals surface area (Å²) >= 11 is 0. The van der Waals surface area contributed by atoms with E-state index in [1.807, 2.05) is 0 Å². The molecule has 6 heteroatoms. The van der Waals surface area contributed by atoms with Gasteiger partial charge in [0.2, 0.25) is 5.91 Å². The summed E-state index contributed by atoms with van der Waals surface area (Å²) in [5, 5.41) is 10.4. The number of benzene rings is 1. The van der Waals surface area contributed by atoms with E-state index in [4.69, 9.17) is 5.11 Å². The second-order valence-corrected chi connectivity index (χ2v) is 2.75. The zero-order valence-electron chi connectivity index (χ0n) is 7.46. The molecule has 0 bridgehead atoms. The van der Waals surface area contributed by atoms with Crippen LogP contribution in [0.5, 0.6) is 0 Å². The first-order valence-corrected chi connectivity index (χ1v) is 3.95. The summed E-state index contributed by atoms with van der Waals surface area (Å²) in [7, 11) is 0. The lowest BCUT2D eigenvalue weighted by atomic mass is 10.3. The number of anilines is 1. The lowest BCUT2D eigenvalue weighted by Gasteiger charge is -2.03. The van der Waals surface area contributed by atoms with Gasteiger partial charge >= 0.3 is 5.97 Å². The maximum absolute atomic E-state index is 12.6. The standard InChI is InChI=1S/C9H7F2NO3/c10-6-2-1-5(3-7(6)11)12-8(13)4-9(14)15/h1-3H,4H2,(H,12,13)(H,14,15). The quantitative estimate of drug-likeness (QED) is 0.748. The van der Waals surface area contributed by atoms with Gasteiger partial charge in [-0.1, -0.05) is 0 Å². The highest BCUT2D eigenvalue weighted by Crippen LogP contribution is 2.13. The van der Waals surface area contributed by atoms with Crippen molar-refractivity contribution < 1.29 is 23.5 Å². The minimum absolute atomic E-state index is 0.0140. The third-order valence-electron chi connectivity index (χ3n) is 1.52. The average Bonchev–Trinajstić information content (AvgIpc) is 2.10. The topological polar surface area (TPSA) is 66.4 Å². The van der Waals surface area contributed by atoms with Crippen LogP contribution in [0, 0.1) is 11.6 Å². The maximum atomic E-state index is 12.6. The number of aliphatic carboxylic acids is 1. The van der Waals surface area contributed by atoms with Gasteiger partial charge in [0.05, 0.1) is 0 Å². The smallest absolute Gasteiger partial charge is 0.312 e. The van der Waals surface area contributed by atoms with Crippen LogP contribution in [0.4, 0.5) is 14.5 Å². The van der Waals surface area contributed by atoms with Crippen LogP contribution in [0.25, 0.3) is 0 Å². The second-order valence-electron chi connectivity index (χ2n) is 2.75. The first-order valence-electron chi connectivity index (χ1n) is 3.95. The monoisotopic (exact) mass is 215 g/mol. The summed E-state index contributed by atoms with van der Waals surface area (Å²) in [5.41, 5.74) is 0.0140. The fourth-order valence-electron chi connectivity index (χ4n) is 0.916. The molecule has 0 heterocycles. The number of halogens is 2. The van der Waals surface area contributed by atoms with Crippen molar-refractivity contribution in [3.8, 4) is 0 Å². The minimum Gasteiger partial charge on any atom is -0.481 e. The predicted octanol–water partition coefficient (Wildman–Crippen LogP) is 1.38. The molecule has 0 atom stereocenters. The molecule has 1 rings (SSSR count). The van der Waals surface area contributed by atoms with Gasteiger partial charge in [-0.15, -0.1) is 0 Å². The molecule has 0 fully saturated rings. The normalized spacial score (nSPS) is 9.73. The molecule has 80 valence electrons. The summed E-state index contributed by atoms with van der Waals surface area (Å²) in [5.74, 6) is -4.24. The van der Waals surface area contributed by atoms with Crippen molar-refractivity contribution >= 4 is 17.6 Å². The first-order chi connectivity index (χ1) is 6.99. The van der Waals surface area contributed by atoms with Gasteiger partial charge in [-0.05, 0) is 12.1 Å². The zero-order valence-corrected chi connectivity index (χ0v) is 7.46. The number of carbonyl (C=O) groups excluding carboxylic acids is 1. The molecule has 2 N–H and O–H groups in total. The van der Waals surface area contributed by atoms with Crippen LogP contribution in [0.2, 0.25) is 0 Å². The van der Waals surface area contributed by atoms with Crippen LogP contribution in [0.1, 0.15) is 6.42 Å². The Morgan fingerprint density at radius 1 is 1.27 bits per heavy atom. The minimum atomic E-state index is -1.30. The van der Waals surface area contributed by atoms with Crippen molar-refractivity contribution in [2.45, 2.75) is 6.42 Å². The molecule has 1 aromatic carbocycles. The fourth-order valence-corrected chi connectivity index (χ4v) is 0.916. The summed E-state index contributed by atoms with van der Waals surface area (Å²) in [6.07, 6.45) is -0.723. The van der Waals surface area contributed by atoms with Gasteiger partial charge in [0.25, 0.3) is 0 Å². The highest BCUT2D eigenvalue weighted by atomic mass is 19.2. The molecule has 0 aliphatic carbocycles. The van der Waals surface area contributed by atoms with Gasteiger partial charge in [-0.3, -0.25) is 9.59 Å². The molecule has 0 spiro atoms. The summed E-state index contributed by atoms with van der Waals surface area (Å²) in [6.45, 7) is 0. The Hall–Kier alpha value is -1.98. The lowest BCUT2D eigenvalue weighted by molar-refractivity contribution is -0.139. The van der Waals surface area contributed by atoms with Crippen molar-refractivity contribution in [1.82, 2.24) is 0 Å². The molecule has 4 nitrogen and oxygen atoms in total. The van der Waals surface area contributed by atoms with Crippen molar-refractivity contribution in [2.24, 2.45) is 0 Å². The van der Waals surface area contributed by atoms with Gasteiger partial charge in [0, 0.05) is 11.8 Å². The van der Waals surface area contributed by atoms with Crippen LogP contribution in [0.15, 0.2) is 18.2 Å². The summed E-state index contributed by atoms with van der Waals surface area (Å²) in [4.78, 5) is 21.0. The lowest BCUT2D eigenvalue weighted by Crippen LogP contribution is -2.16. The molecular formula is C9H7F2NO3. The van der Waals surface area contributed by atoms with E-state index in [0.717, 1.165) is 18.2 Å². The van der Waals surface area contributed by atoms with Gasteiger partial charge < -0.3 is 10.4 Å². The van der Waals surface area contributed by atoms with Crippen LogP contribution < -0.4 is 5.32 Å². The van der Waals surface area contributed by atoms with E-state index >= 15 is 0 Å². The Balaban J connectivity index is 2.69. The molecule has 15 heavy (non-hydrogen) atoms. The maximum Gasteiger partial charge on any atom is 0.312 e. The third kappa shape index (κ3) is 3.34. The number of hydrogen-bond donors (Lipinski definition) is 2. The number of nitrogens with one attached hydrogen (secondary N) is 1. The molecule has 0 aliphatic rings. The van der Waals surface area contributed by atoms with Gasteiger partial charge in [-0.2, -0.15) is 0 Å². The number of carboxylic acids is 1. The van der Waals surface area contributed by atoms with E-state index < -0.39 is 29.9 Å². The van der Waals surface area contributed by atoms with Crippen molar-refractivity contribution in [3.63, 3.8) is 0 Å². The number of carbonyl (C=O) groups is 2. The van der Waals surface area contributed by atoms with Crippen molar-refractivity contribution in [1.29, 1.82) is 0 Å². The molecule has 0 radical (unpaired) electrons. The average molecular weight is 215 g/mol. The van der Waals surface area contributed by atoms with Gasteiger partial charge in [-0.25, -0.2) is 8.78 Å². The fraction of sp³-hybridized carbons (Fsp3) is 0.111. The van der Waals surface area contributed by atoms with E-state index in [1.165, 1.54) is 0 Å². The Bertz CT molecular complexity index is 406. The van der Waals surface area contributed by atoms with Crippen LogP contribution in [0.3, 0.4) is 0 Å². The Morgan fingerprint density at radius 3 is 2.47 bits per heavy atom. The predicted molar refractivity (Wildman–Crippen MR) is 47.2 cm³/mol. The van der Waals surface area contributed by atoms with Crippen LogP contribution >= 0.6 is 0 Å². The number of hydrogen-bond acceptors (Lipinski definition) is 2. The molecule has 1 aromatic rings. The number of rotatable bonds is 3. The molecule has 1 amide bonds. The SMILES string of the molecule is O=C(O)CC(=O)Nc1ccc(F)c(F)c1. The molecule has 0 unspecified atom stereocenters. The van der Waals surface area contributed by atoms with Gasteiger partial charge in [0.1, 0.15) is 6.42 Å². The van der Waals surface area contributed by atoms with Gasteiger partial charge in [0.15, 0.2) is 11.6 Å². The first kappa shape index (κ1) is 11.1. The van der Waals surface area contributed by atoms with Crippen LogP contribution in [-0.2, 0) is 9.59 Å². The number of amides is 1. The molecule has 0 saturated heterocycles. The van der Waals surface area contributed by atoms with Crippen molar-refractivity contribution in [2.75, 3.05) is 5.32 Å². The van der Waals surface area contributed by atoms with Crippen LogP contribution in [-0.4, -0.2) is 17.0 Å². The number of carboxylic acid groups (broad SMARTS) is 1. The Morgan fingerprint density at radius 2 is 1.93 bits per heavy atom. The highest BCUT2D eigenvalue weighted by molar-refractivity contribution is 6.01. The molecule has 0 aromatic heterocycles. The summed E-state index contributed by atoms with van der Waals surface area (Å²) < 4.78 is 25.1.